The van der Waals surface area contributed by atoms with E-state index in [0.29, 0.717) is 5.69 Å². The van der Waals surface area contributed by atoms with E-state index in [0.717, 1.165) is 21.9 Å². The Kier molecular flexibility index (Phi) is 4.16. The molecule has 4 aliphatic rings. The van der Waals surface area contributed by atoms with Crippen LogP contribution >= 0.6 is 23.1 Å². The molecule has 166 valence electrons. The summed E-state index contributed by atoms with van der Waals surface area (Å²) in [6, 6.07) is 18.0. The number of aromatic nitrogens is 1. The third-order valence-electron chi connectivity index (χ3n) is 8.17. The number of anilines is 1. The molecule has 3 heterocycles. The Hall–Kier alpha value is -2.64. The number of aryl methyl sites for hydroxylation is 1. The van der Waals surface area contributed by atoms with Crippen molar-refractivity contribution in [1.29, 1.82) is 0 Å². The van der Waals surface area contributed by atoms with E-state index in [1.165, 1.54) is 21.8 Å². The standard InChI is InChI=1S/C26H22N2O3S2/c1-12-7-9-14(10-8-12)28-24(29)19-15-11-16(20(19)25(28)30)21-18(15)17(13-5-3-2-4-6-13)22-23(32-21)27-26(31)33-22/h2-10,15-21H,11H2,1H3,(H,27,31)/t15-,16+,17+,18+,19+,20+,21-/m1/s1. The number of hydrogen-bond donors (Lipinski definition) is 1. The van der Waals surface area contributed by atoms with Gasteiger partial charge in [-0.2, -0.15) is 0 Å². The zero-order chi connectivity index (χ0) is 22.4. The second-order valence-electron chi connectivity index (χ2n) is 9.72. The highest BCUT2D eigenvalue weighted by Gasteiger charge is 2.69. The van der Waals surface area contributed by atoms with E-state index >= 15 is 0 Å². The number of thioether (sulfide) groups is 1. The number of nitrogens with zero attached hydrogens (tertiary/aromatic N) is 1. The van der Waals surface area contributed by atoms with Crippen molar-refractivity contribution in [3.63, 3.8) is 0 Å². The number of H-pyrrole nitrogens is 1. The molecule has 1 N–H and O–H groups in total. The van der Waals surface area contributed by atoms with Gasteiger partial charge in [-0.25, -0.2) is 0 Å². The summed E-state index contributed by atoms with van der Waals surface area (Å²) >= 11 is 3.03. The van der Waals surface area contributed by atoms with Gasteiger partial charge in [0.25, 0.3) is 0 Å². The van der Waals surface area contributed by atoms with Crippen molar-refractivity contribution in [3.8, 4) is 0 Å². The molecule has 3 fully saturated rings. The Balaban J connectivity index is 1.33. The molecule has 2 amide bonds. The van der Waals surface area contributed by atoms with Gasteiger partial charge in [-0.1, -0.05) is 59.4 Å². The second-order valence-corrected chi connectivity index (χ2v) is 11.9. The summed E-state index contributed by atoms with van der Waals surface area (Å²) in [4.78, 5) is 45.1. The molecule has 5 nitrogen and oxygen atoms in total. The van der Waals surface area contributed by atoms with Gasteiger partial charge in [0.15, 0.2) is 0 Å². The minimum Gasteiger partial charge on any atom is -0.307 e. The number of aromatic amines is 1. The van der Waals surface area contributed by atoms with E-state index < -0.39 is 0 Å². The van der Waals surface area contributed by atoms with Gasteiger partial charge in [0.2, 0.25) is 11.8 Å². The van der Waals surface area contributed by atoms with Gasteiger partial charge < -0.3 is 4.98 Å². The summed E-state index contributed by atoms with van der Waals surface area (Å²) in [5, 5.41) is 1.19. The van der Waals surface area contributed by atoms with E-state index in [1.807, 2.05) is 49.4 Å². The SMILES string of the molecule is Cc1ccc(N2C(=O)[C@H]3[C@@H]4C[C@@H]([C@@H]3C2=O)[C@H]2[C@H](c3ccccc3)c3sc(=O)[nH]c3S[C@H]42)cc1. The van der Waals surface area contributed by atoms with Gasteiger partial charge in [-0.3, -0.25) is 19.3 Å². The number of imide groups is 1. The van der Waals surface area contributed by atoms with Crippen LogP contribution in [-0.4, -0.2) is 22.0 Å². The molecule has 2 aliphatic carbocycles. The van der Waals surface area contributed by atoms with Crippen molar-refractivity contribution in [2.75, 3.05) is 4.90 Å². The number of benzene rings is 2. The maximum atomic E-state index is 13.7. The van der Waals surface area contributed by atoms with Crippen LogP contribution in [0.1, 0.15) is 28.3 Å². The fourth-order valence-electron chi connectivity index (χ4n) is 7.00. The van der Waals surface area contributed by atoms with Crippen molar-refractivity contribution in [2.45, 2.75) is 29.5 Å². The van der Waals surface area contributed by atoms with Crippen molar-refractivity contribution in [3.05, 3.63) is 80.3 Å². The molecule has 1 saturated heterocycles. The number of carbonyl (C=O) groups is 2. The van der Waals surface area contributed by atoms with Gasteiger partial charge in [0.1, 0.15) is 0 Å². The average molecular weight is 475 g/mol. The Labute approximate surface area is 199 Å². The summed E-state index contributed by atoms with van der Waals surface area (Å²) < 4.78 is 0. The van der Waals surface area contributed by atoms with Crippen molar-refractivity contribution < 1.29 is 9.59 Å². The molecule has 2 saturated carbocycles. The maximum Gasteiger partial charge on any atom is 0.305 e. The lowest BCUT2D eigenvalue weighted by Crippen LogP contribution is -2.42. The topological polar surface area (TPSA) is 70.2 Å². The number of hydrogen-bond acceptors (Lipinski definition) is 5. The number of nitrogens with one attached hydrogen (secondary N) is 1. The summed E-state index contributed by atoms with van der Waals surface area (Å²) in [5.41, 5.74) is 2.98. The Morgan fingerprint density at radius 2 is 1.61 bits per heavy atom. The molecule has 3 aromatic rings. The normalized spacial score (nSPS) is 33.8. The molecule has 2 aliphatic heterocycles. The molecule has 2 bridgehead atoms. The third-order valence-corrected chi connectivity index (χ3v) is 10.8. The average Bonchev–Trinajstić information content (AvgIpc) is 3.54. The molecule has 7 heteroatoms. The van der Waals surface area contributed by atoms with Crippen LogP contribution in [-0.2, 0) is 9.59 Å². The highest BCUT2D eigenvalue weighted by atomic mass is 32.2. The first-order valence-electron chi connectivity index (χ1n) is 11.4. The van der Waals surface area contributed by atoms with Gasteiger partial charge in [0, 0.05) is 16.0 Å². The lowest BCUT2D eigenvalue weighted by molar-refractivity contribution is -0.123. The van der Waals surface area contributed by atoms with E-state index in [2.05, 4.69) is 17.1 Å². The van der Waals surface area contributed by atoms with Crippen LogP contribution in [0.2, 0.25) is 0 Å². The van der Waals surface area contributed by atoms with Crippen LogP contribution in [0.5, 0.6) is 0 Å². The fourth-order valence-corrected chi connectivity index (χ4v) is 9.89. The van der Waals surface area contributed by atoms with E-state index in [9.17, 15) is 14.4 Å². The molecule has 0 spiro atoms. The summed E-state index contributed by atoms with van der Waals surface area (Å²) in [6.07, 6.45) is 0.916. The van der Waals surface area contributed by atoms with Gasteiger partial charge in [-0.15, -0.1) is 11.8 Å². The zero-order valence-electron chi connectivity index (χ0n) is 17.9. The van der Waals surface area contributed by atoms with Crippen molar-refractivity contribution in [1.82, 2.24) is 4.98 Å². The monoisotopic (exact) mass is 474 g/mol. The largest absolute Gasteiger partial charge is 0.307 e. The van der Waals surface area contributed by atoms with Gasteiger partial charge in [-0.05, 0) is 48.8 Å². The highest BCUT2D eigenvalue weighted by molar-refractivity contribution is 8.00. The fraction of sp³-hybridized carbons (Fsp3) is 0.346. The molecule has 1 aromatic heterocycles. The molecule has 0 radical (unpaired) electrons. The lowest BCUT2D eigenvalue weighted by Gasteiger charge is -2.43. The Bertz CT molecular complexity index is 1350. The Morgan fingerprint density at radius 1 is 0.909 bits per heavy atom. The van der Waals surface area contributed by atoms with Crippen LogP contribution in [0.25, 0.3) is 0 Å². The Morgan fingerprint density at radius 3 is 2.33 bits per heavy atom. The summed E-state index contributed by atoms with van der Waals surface area (Å²) in [5.74, 6) is 0.0616. The molecule has 0 unspecified atom stereocenters. The van der Waals surface area contributed by atoms with Crippen LogP contribution in [0.3, 0.4) is 0 Å². The molecule has 7 rings (SSSR count). The van der Waals surface area contributed by atoms with Crippen LogP contribution in [0.4, 0.5) is 5.69 Å². The zero-order valence-corrected chi connectivity index (χ0v) is 19.6. The predicted molar refractivity (Wildman–Crippen MR) is 129 cm³/mol. The molecular weight excluding hydrogens is 452 g/mol. The minimum absolute atomic E-state index is 0.0290. The number of thiazole rings is 1. The number of fused-ring (bicyclic) bond motifs is 9. The lowest BCUT2D eigenvalue weighted by atomic mass is 9.68. The number of amides is 2. The molecule has 7 atom stereocenters. The van der Waals surface area contributed by atoms with Crippen molar-refractivity contribution in [2.24, 2.45) is 29.6 Å². The number of carbonyl (C=O) groups excluding carboxylic acids is 2. The molecule has 33 heavy (non-hydrogen) atoms. The van der Waals surface area contributed by atoms with Crippen LogP contribution in [0, 0.1) is 36.5 Å². The minimum atomic E-state index is -0.255. The second kappa shape index (κ2) is 6.93. The third kappa shape index (κ3) is 2.63. The van der Waals surface area contributed by atoms with Crippen molar-refractivity contribution >= 4 is 40.6 Å². The smallest absolute Gasteiger partial charge is 0.305 e. The highest BCUT2D eigenvalue weighted by Crippen LogP contribution is 2.68. The van der Waals surface area contributed by atoms with E-state index in [1.54, 1.807) is 11.8 Å². The van der Waals surface area contributed by atoms with E-state index in [-0.39, 0.29) is 57.4 Å². The summed E-state index contributed by atoms with van der Waals surface area (Å²) in [6.45, 7) is 2.00. The number of rotatable bonds is 2. The molecular formula is C26H22N2O3S2. The van der Waals surface area contributed by atoms with Gasteiger partial charge in [0.05, 0.1) is 22.5 Å². The summed E-state index contributed by atoms with van der Waals surface area (Å²) in [7, 11) is 0. The first-order chi connectivity index (χ1) is 16.0. The first kappa shape index (κ1) is 19.8. The van der Waals surface area contributed by atoms with Crippen LogP contribution < -0.4 is 9.77 Å². The van der Waals surface area contributed by atoms with Crippen LogP contribution in [0.15, 0.2) is 64.4 Å². The predicted octanol–water partition coefficient (Wildman–Crippen LogP) is 4.42. The van der Waals surface area contributed by atoms with Gasteiger partial charge >= 0.3 is 4.87 Å². The van der Waals surface area contributed by atoms with E-state index in [4.69, 9.17) is 0 Å². The maximum absolute atomic E-state index is 13.7. The first-order valence-corrected chi connectivity index (χ1v) is 13.1. The quantitative estimate of drug-likeness (QED) is 0.558. The molecule has 2 aromatic carbocycles.